The van der Waals surface area contributed by atoms with Crippen LogP contribution in [0.4, 0.5) is 0 Å². The average Bonchev–Trinajstić information content (AvgIpc) is 2.86. The molecule has 1 aliphatic heterocycles. The lowest BCUT2D eigenvalue weighted by Crippen LogP contribution is -2.36. The lowest BCUT2D eigenvalue weighted by molar-refractivity contribution is -0.163. The van der Waals surface area contributed by atoms with E-state index in [2.05, 4.69) is 27.7 Å². The van der Waals surface area contributed by atoms with Crippen LogP contribution in [0.2, 0.25) is 0 Å². The predicted molar refractivity (Wildman–Crippen MR) is 88.6 cm³/mol. The van der Waals surface area contributed by atoms with Crippen LogP contribution in [-0.4, -0.2) is 23.6 Å². The molecule has 2 fully saturated rings. The molecule has 1 saturated heterocycles. The molecule has 5 atom stereocenters. The van der Waals surface area contributed by atoms with Crippen LogP contribution in [0.5, 0.6) is 0 Å². The Balaban J connectivity index is 2.24. The molecule has 1 saturated carbocycles. The van der Waals surface area contributed by atoms with Crippen molar-refractivity contribution in [2.45, 2.75) is 73.0 Å². The van der Waals surface area contributed by atoms with Crippen molar-refractivity contribution in [2.24, 2.45) is 35.5 Å². The van der Waals surface area contributed by atoms with Crippen molar-refractivity contribution in [2.75, 3.05) is 0 Å². The van der Waals surface area contributed by atoms with Crippen molar-refractivity contribution in [3.63, 3.8) is 0 Å². The third kappa shape index (κ3) is 3.89. The molecular formula is C19H32O4. The molecule has 0 bridgehead atoms. The average molecular weight is 324 g/mol. The van der Waals surface area contributed by atoms with Gasteiger partial charge in [0.05, 0.1) is 11.8 Å². The highest BCUT2D eigenvalue weighted by Crippen LogP contribution is 2.53. The third-order valence-corrected chi connectivity index (χ3v) is 5.06. The number of esters is 2. The Hall–Kier alpha value is -1.06. The fourth-order valence-electron chi connectivity index (χ4n) is 4.41. The van der Waals surface area contributed by atoms with E-state index in [1.807, 2.05) is 20.8 Å². The number of hydrogen-bond donors (Lipinski definition) is 0. The molecule has 0 radical (unpaired) electrons. The Labute approximate surface area is 140 Å². The first-order valence-electron chi connectivity index (χ1n) is 8.94. The normalized spacial score (nSPS) is 34.0. The highest BCUT2D eigenvalue weighted by atomic mass is 16.6. The van der Waals surface area contributed by atoms with E-state index >= 15 is 0 Å². The van der Waals surface area contributed by atoms with Gasteiger partial charge in [-0.3, -0.25) is 9.59 Å². The van der Waals surface area contributed by atoms with Crippen LogP contribution in [0.1, 0.15) is 61.3 Å². The van der Waals surface area contributed by atoms with Gasteiger partial charge in [0.15, 0.2) is 0 Å². The van der Waals surface area contributed by atoms with Crippen LogP contribution in [0.25, 0.3) is 0 Å². The molecule has 132 valence electrons. The Bertz CT molecular complexity index is 460. The Morgan fingerprint density at radius 1 is 1.26 bits per heavy atom. The van der Waals surface area contributed by atoms with Crippen molar-refractivity contribution in [1.29, 1.82) is 0 Å². The lowest BCUT2D eigenvalue weighted by Gasteiger charge is -2.31. The van der Waals surface area contributed by atoms with Crippen LogP contribution in [-0.2, 0) is 19.1 Å². The minimum Gasteiger partial charge on any atom is -0.462 e. The van der Waals surface area contributed by atoms with E-state index in [0.717, 1.165) is 6.42 Å². The van der Waals surface area contributed by atoms with E-state index in [9.17, 15) is 9.59 Å². The summed E-state index contributed by atoms with van der Waals surface area (Å²) in [4.78, 5) is 25.0. The van der Waals surface area contributed by atoms with Crippen LogP contribution in [0.3, 0.4) is 0 Å². The Morgan fingerprint density at radius 2 is 1.87 bits per heavy atom. The topological polar surface area (TPSA) is 52.6 Å². The molecule has 23 heavy (non-hydrogen) atoms. The van der Waals surface area contributed by atoms with E-state index in [1.165, 1.54) is 0 Å². The number of fused-ring (bicyclic) bond motifs is 1. The molecule has 1 aliphatic carbocycles. The summed E-state index contributed by atoms with van der Waals surface area (Å²) in [5, 5.41) is 0. The van der Waals surface area contributed by atoms with E-state index in [0.29, 0.717) is 18.3 Å². The molecule has 0 aromatic heterocycles. The highest BCUT2D eigenvalue weighted by Gasteiger charge is 2.58. The fourth-order valence-corrected chi connectivity index (χ4v) is 4.41. The molecule has 0 N–H and O–H groups in total. The second kappa shape index (κ2) is 6.45. The first kappa shape index (κ1) is 18.3. The zero-order chi connectivity index (χ0) is 17.5. The number of ether oxygens (including phenoxy) is 2. The molecule has 4 nitrogen and oxygen atoms in total. The first-order valence-corrected chi connectivity index (χ1v) is 8.94. The SMILES string of the molecule is CC(C)CC1OC(=O)C2CC(C(=O)OC(C)(C)C)C(C(C)C)C12. The summed E-state index contributed by atoms with van der Waals surface area (Å²) in [6.07, 6.45) is 1.40. The standard InChI is InChI=1S/C19H32O4/c1-10(2)8-14-16-13(17(20)22-14)9-12(15(16)11(3)4)18(21)23-19(5,6)7/h10-16H,8-9H2,1-7H3. The van der Waals surface area contributed by atoms with Gasteiger partial charge < -0.3 is 9.47 Å². The van der Waals surface area contributed by atoms with Crippen LogP contribution in [0.15, 0.2) is 0 Å². The number of carbonyl (C=O) groups is 2. The van der Waals surface area contributed by atoms with Gasteiger partial charge in [-0.15, -0.1) is 0 Å². The van der Waals surface area contributed by atoms with Gasteiger partial charge in [0.25, 0.3) is 0 Å². The van der Waals surface area contributed by atoms with Crippen LogP contribution in [0, 0.1) is 35.5 Å². The minimum absolute atomic E-state index is 0.0488. The fraction of sp³-hybridized carbons (Fsp3) is 0.895. The van der Waals surface area contributed by atoms with Crippen LogP contribution >= 0.6 is 0 Å². The molecule has 0 amide bonds. The minimum atomic E-state index is -0.492. The second-order valence-corrected chi connectivity index (χ2v) is 8.99. The summed E-state index contributed by atoms with van der Waals surface area (Å²) >= 11 is 0. The summed E-state index contributed by atoms with van der Waals surface area (Å²) in [7, 11) is 0. The predicted octanol–water partition coefficient (Wildman–Crippen LogP) is 3.82. The van der Waals surface area contributed by atoms with E-state index in [4.69, 9.17) is 9.47 Å². The van der Waals surface area contributed by atoms with Gasteiger partial charge in [-0.2, -0.15) is 0 Å². The molecular weight excluding hydrogens is 292 g/mol. The van der Waals surface area contributed by atoms with Crippen molar-refractivity contribution >= 4 is 11.9 Å². The van der Waals surface area contributed by atoms with E-state index < -0.39 is 5.60 Å². The van der Waals surface area contributed by atoms with Gasteiger partial charge in [0, 0.05) is 5.92 Å². The molecule has 0 aromatic rings. The zero-order valence-electron chi connectivity index (χ0n) is 15.6. The summed E-state index contributed by atoms with van der Waals surface area (Å²) in [6.45, 7) is 14.2. The molecule has 0 spiro atoms. The van der Waals surface area contributed by atoms with E-state index in [1.54, 1.807) is 0 Å². The maximum Gasteiger partial charge on any atom is 0.309 e. The number of rotatable bonds is 4. The van der Waals surface area contributed by atoms with Crippen molar-refractivity contribution < 1.29 is 19.1 Å². The first-order chi connectivity index (χ1) is 10.5. The van der Waals surface area contributed by atoms with Gasteiger partial charge in [-0.25, -0.2) is 0 Å². The monoisotopic (exact) mass is 324 g/mol. The zero-order valence-corrected chi connectivity index (χ0v) is 15.6. The molecule has 1 heterocycles. The number of cyclic esters (lactones) is 1. The third-order valence-electron chi connectivity index (χ3n) is 5.06. The molecule has 2 aliphatic rings. The number of carbonyl (C=O) groups excluding carboxylic acids is 2. The second-order valence-electron chi connectivity index (χ2n) is 8.99. The smallest absolute Gasteiger partial charge is 0.309 e. The van der Waals surface area contributed by atoms with E-state index in [-0.39, 0.29) is 41.7 Å². The van der Waals surface area contributed by atoms with Gasteiger partial charge in [-0.05, 0) is 51.4 Å². The molecule has 5 unspecified atom stereocenters. The lowest BCUT2D eigenvalue weighted by atomic mass is 9.76. The Kier molecular flexibility index (Phi) is 5.12. The van der Waals surface area contributed by atoms with Gasteiger partial charge in [-0.1, -0.05) is 27.7 Å². The largest absolute Gasteiger partial charge is 0.462 e. The van der Waals surface area contributed by atoms with Crippen molar-refractivity contribution in [1.82, 2.24) is 0 Å². The van der Waals surface area contributed by atoms with Gasteiger partial charge >= 0.3 is 11.9 Å². The van der Waals surface area contributed by atoms with Gasteiger partial charge in [0.1, 0.15) is 11.7 Å². The highest BCUT2D eigenvalue weighted by molar-refractivity contribution is 5.80. The maximum atomic E-state index is 12.7. The summed E-state index contributed by atoms with van der Waals surface area (Å²) in [5.74, 6) is 0.522. The molecule has 2 rings (SSSR count). The summed E-state index contributed by atoms with van der Waals surface area (Å²) in [5.41, 5.74) is -0.492. The quantitative estimate of drug-likeness (QED) is 0.738. The molecule has 4 heteroatoms. The van der Waals surface area contributed by atoms with Crippen molar-refractivity contribution in [3.8, 4) is 0 Å². The van der Waals surface area contributed by atoms with Gasteiger partial charge in [0.2, 0.25) is 0 Å². The summed E-state index contributed by atoms with van der Waals surface area (Å²) < 4.78 is 11.3. The molecule has 0 aromatic carbocycles. The van der Waals surface area contributed by atoms with Crippen LogP contribution < -0.4 is 0 Å². The van der Waals surface area contributed by atoms with Crippen molar-refractivity contribution in [3.05, 3.63) is 0 Å². The maximum absolute atomic E-state index is 12.7. The number of hydrogen-bond acceptors (Lipinski definition) is 4. The summed E-state index contributed by atoms with van der Waals surface area (Å²) in [6, 6.07) is 0. The Morgan fingerprint density at radius 3 is 2.35 bits per heavy atom.